The van der Waals surface area contributed by atoms with Gasteiger partial charge in [0.25, 0.3) is 0 Å². The molecule has 2 fully saturated rings. The normalized spacial score (nSPS) is 17.7. The largest absolute Gasteiger partial charge is 0.378 e. The SMILES string of the molecule is O=C(Nc1ccc2[nH]nc(-c3ccc(N4CCOCC4)nc3)c2c1)C(c1ccsc1)N1CCCC1. The molecule has 180 valence electrons. The number of anilines is 2. The number of thiophene rings is 1. The van der Waals surface area contributed by atoms with Gasteiger partial charge in [-0.1, -0.05) is 0 Å². The van der Waals surface area contributed by atoms with Gasteiger partial charge >= 0.3 is 0 Å². The first-order valence-electron chi connectivity index (χ1n) is 12.1. The molecule has 35 heavy (non-hydrogen) atoms. The predicted molar refractivity (Wildman–Crippen MR) is 139 cm³/mol. The van der Waals surface area contributed by atoms with Crippen LogP contribution in [-0.4, -0.2) is 65.4 Å². The van der Waals surface area contributed by atoms with E-state index in [2.05, 4.69) is 47.8 Å². The fourth-order valence-electron chi connectivity index (χ4n) is 4.99. The highest BCUT2D eigenvalue weighted by molar-refractivity contribution is 7.08. The van der Waals surface area contributed by atoms with Gasteiger partial charge in [0, 0.05) is 35.9 Å². The van der Waals surface area contributed by atoms with E-state index in [-0.39, 0.29) is 11.9 Å². The Labute approximate surface area is 207 Å². The number of hydrogen-bond donors (Lipinski definition) is 2. The van der Waals surface area contributed by atoms with Crippen molar-refractivity contribution in [3.8, 4) is 11.3 Å². The molecule has 0 radical (unpaired) electrons. The fourth-order valence-corrected chi connectivity index (χ4v) is 5.67. The summed E-state index contributed by atoms with van der Waals surface area (Å²) < 4.78 is 5.44. The number of pyridine rings is 1. The zero-order valence-corrected chi connectivity index (χ0v) is 20.3. The lowest BCUT2D eigenvalue weighted by molar-refractivity contribution is -0.121. The number of carbonyl (C=O) groups is 1. The minimum Gasteiger partial charge on any atom is -0.378 e. The van der Waals surface area contributed by atoms with Gasteiger partial charge in [-0.15, -0.1) is 0 Å². The van der Waals surface area contributed by atoms with Gasteiger partial charge in [-0.3, -0.25) is 14.8 Å². The highest BCUT2D eigenvalue weighted by Gasteiger charge is 2.30. The first-order valence-corrected chi connectivity index (χ1v) is 13.0. The van der Waals surface area contributed by atoms with E-state index in [1.165, 1.54) is 0 Å². The number of amides is 1. The molecule has 2 N–H and O–H groups in total. The topological polar surface area (TPSA) is 86.4 Å². The Balaban J connectivity index is 1.25. The Morgan fingerprint density at radius 2 is 1.94 bits per heavy atom. The van der Waals surface area contributed by atoms with E-state index in [0.717, 1.165) is 91.5 Å². The molecule has 1 atom stereocenters. The molecule has 6 rings (SSSR count). The van der Waals surface area contributed by atoms with E-state index in [1.54, 1.807) is 11.3 Å². The summed E-state index contributed by atoms with van der Waals surface area (Å²) in [5, 5.41) is 15.9. The molecule has 2 aliphatic rings. The van der Waals surface area contributed by atoms with Crippen LogP contribution in [0.5, 0.6) is 0 Å². The number of morpholine rings is 1. The minimum absolute atomic E-state index is 0.00576. The monoisotopic (exact) mass is 488 g/mol. The number of rotatable bonds is 6. The van der Waals surface area contributed by atoms with Gasteiger partial charge < -0.3 is 15.0 Å². The molecule has 0 saturated carbocycles. The summed E-state index contributed by atoms with van der Waals surface area (Å²) in [6.07, 6.45) is 4.14. The van der Waals surface area contributed by atoms with Crippen LogP contribution in [0, 0.1) is 0 Å². The number of aromatic amines is 1. The first-order chi connectivity index (χ1) is 17.3. The van der Waals surface area contributed by atoms with E-state index < -0.39 is 0 Å². The average Bonchev–Trinajstić information content (AvgIpc) is 3.68. The number of benzene rings is 1. The van der Waals surface area contributed by atoms with E-state index in [9.17, 15) is 4.79 Å². The van der Waals surface area contributed by atoms with Crippen molar-refractivity contribution in [3.63, 3.8) is 0 Å². The highest BCUT2D eigenvalue weighted by atomic mass is 32.1. The Bertz CT molecular complexity index is 1290. The summed E-state index contributed by atoms with van der Waals surface area (Å²) in [5.74, 6) is 0.956. The van der Waals surface area contributed by atoms with Crippen LogP contribution >= 0.6 is 11.3 Å². The lowest BCUT2D eigenvalue weighted by atomic mass is 10.1. The quantitative estimate of drug-likeness (QED) is 0.421. The molecule has 3 aromatic heterocycles. The molecule has 2 saturated heterocycles. The van der Waals surface area contributed by atoms with Gasteiger partial charge in [0.2, 0.25) is 5.91 Å². The third-order valence-corrected chi connectivity index (χ3v) is 7.50. The molecule has 5 heterocycles. The molecule has 1 unspecified atom stereocenters. The third-order valence-electron chi connectivity index (χ3n) is 6.80. The first kappa shape index (κ1) is 22.2. The van der Waals surface area contributed by atoms with Gasteiger partial charge in [-0.2, -0.15) is 16.4 Å². The van der Waals surface area contributed by atoms with Crippen molar-refractivity contribution in [3.05, 3.63) is 58.9 Å². The van der Waals surface area contributed by atoms with Crippen LogP contribution in [0.2, 0.25) is 0 Å². The standard InChI is InChI=1S/C26H28N6O2S/c33-26(25(19-7-14-35-17-19)32-8-1-2-9-32)28-20-4-5-22-21(15-20)24(30-29-22)18-3-6-23(27-16-18)31-10-12-34-13-11-31/h3-7,14-17,25H,1-2,8-13H2,(H,28,33)(H,29,30). The maximum Gasteiger partial charge on any atom is 0.246 e. The second-order valence-electron chi connectivity index (χ2n) is 9.03. The van der Waals surface area contributed by atoms with E-state index in [4.69, 9.17) is 4.74 Å². The maximum atomic E-state index is 13.4. The number of carbonyl (C=O) groups excluding carboxylic acids is 1. The van der Waals surface area contributed by atoms with Crippen molar-refractivity contribution >= 4 is 39.7 Å². The van der Waals surface area contributed by atoms with E-state index in [1.807, 2.05) is 35.8 Å². The molecule has 4 aromatic rings. The second-order valence-corrected chi connectivity index (χ2v) is 9.81. The molecule has 0 aliphatic carbocycles. The van der Waals surface area contributed by atoms with Crippen molar-refractivity contribution in [2.75, 3.05) is 49.6 Å². The predicted octanol–water partition coefficient (Wildman–Crippen LogP) is 4.30. The highest BCUT2D eigenvalue weighted by Crippen LogP contribution is 2.31. The number of fused-ring (bicyclic) bond motifs is 1. The van der Waals surface area contributed by atoms with Crippen LogP contribution in [0.25, 0.3) is 22.2 Å². The summed E-state index contributed by atoms with van der Waals surface area (Å²) in [6, 6.07) is 11.8. The van der Waals surface area contributed by atoms with Gasteiger partial charge in [0.1, 0.15) is 17.6 Å². The summed E-state index contributed by atoms with van der Waals surface area (Å²) in [6.45, 7) is 5.06. The number of nitrogens with one attached hydrogen (secondary N) is 2. The van der Waals surface area contributed by atoms with E-state index >= 15 is 0 Å². The zero-order chi connectivity index (χ0) is 23.6. The van der Waals surface area contributed by atoms with Gasteiger partial charge in [0.15, 0.2) is 0 Å². The summed E-state index contributed by atoms with van der Waals surface area (Å²) in [5.41, 5.74) is 4.51. The van der Waals surface area contributed by atoms with Crippen molar-refractivity contribution in [2.45, 2.75) is 18.9 Å². The zero-order valence-electron chi connectivity index (χ0n) is 19.4. The molecule has 8 nitrogen and oxygen atoms in total. The molecule has 2 aliphatic heterocycles. The Kier molecular flexibility index (Phi) is 6.20. The van der Waals surface area contributed by atoms with Gasteiger partial charge in [-0.05, 0) is 78.7 Å². The molecule has 0 bridgehead atoms. The number of nitrogens with zero attached hydrogens (tertiary/aromatic N) is 4. The third kappa shape index (κ3) is 4.54. The van der Waals surface area contributed by atoms with Crippen molar-refractivity contribution in [2.24, 2.45) is 0 Å². The minimum atomic E-state index is -0.264. The summed E-state index contributed by atoms with van der Waals surface area (Å²) in [7, 11) is 0. The fraction of sp³-hybridized carbons (Fsp3) is 0.346. The average molecular weight is 489 g/mol. The molecule has 0 spiro atoms. The molecular weight excluding hydrogens is 460 g/mol. The maximum absolute atomic E-state index is 13.4. The van der Waals surface area contributed by atoms with Crippen LogP contribution in [0.4, 0.5) is 11.5 Å². The van der Waals surface area contributed by atoms with Crippen molar-refractivity contribution in [1.29, 1.82) is 0 Å². The number of H-pyrrole nitrogens is 1. The molecule has 1 aromatic carbocycles. The van der Waals surface area contributed by atoms with Crippen LogP contribution in [0.15, 0.2) is 53.4 Å². The van der Waals surface area contributed by atoms with Crippen LogP contribution < -0.4 is 10.2 Å². The summed E-state index contributed by atoms with van der Waals surface area (Å²) >= 11 is 1.63. The lowest BCUT2D eigenvalue weighted by Gasteiger charge is -2.27. The second kappa shape index (κ2) is 9.77. The van der Waals surface area contributed by atoms with E-state index in [0.29, 0.717) is 0 Å². The number of likely N-dealkylation sites (tertiary alicyclic amines) is 1. The van der Waals surface area contributed by atoms with Crippen LogP contribution in [-0.2, 0) is 9.53 Å². The Hall–Kier alpha value is -3.27. The van der Waals surface area contributed by atoms with Gasteiger partial charge in [-0.25, -0.2) is 4.98 Å². The van der Waals surface area contributed by atoms with Crippen molar-refractivity contribution in [1.82, 2.24) is 20.1 Å². The Morgan fingerprint density at radius 3 is 2.69 bits per heavy atom. The lowest BCUT2D eigenvalue weighted by Crippen LogP contribution is -2.36. The summed E-state index contributed by atoms with van der Waals surface area (Å²) in [4.78, 5) is 22.6. The van der Waals surface area contributed by atoms with Crippen LogP contribution in [0.3, 0.4) is 0 Å². The Morgan fingerprint density at radius 1 is 1.09 bits per heavy atom. The molecule has 9 heteroatoms. The van der Waals surface area contributed by atoms with Crippen LogP contribution in [0.1, 0.15) is 24.4 Å². The van der Waals surface area contributed by atoms with Crippen molar-refractivity contribution < 1.29 is 9.53 Å². The molecule has 1 amide bonds. The van der Waals surface area contributed by atoms with Gasteiger partial charge in [0.05, 0.1) is 18.7 Å². The smallest absolute Gasteiger partial charge is 0.246 e. The number of aromatic nitrogens is 3. The molecular formula is C26H28N6O2S. The number of hydrogen-bond acceptors (Lipinski definition) is 7. The number of ether oxygens (including phenoxy) is 1.